The van der Waals surface area contributed by atoms with Crippen LogP contribution in [-0.2, 0) is 26.2 Å². The molecule has 1 aliphatic rings. The number of methoxy groups -OCH3 is 1. The zero-order valence-electron chi connectivity index (χ0n) is 17.8. The van der Waals surface area contributed by atoms with Crippen molar-refractivity contribution in [3.05, 3.63) is 47.5 Å². The van der Waals surface area contributed by atoms with Gasteiger partial charge in [0.05, 0.1) is 24.2 Å². The Morgan fingerprint density at radius 1 is 1.26 bits per heavy atom. The fraction of sp³-hybridized carbons (Fsp3) is 0.333. The quantitative estimate of drug-likeness (QED) is 0.667. The summed E-state index contributed by atoms with van der Waals surface area (Å²) >= 11 is 0. The van der Waals surface area contributed by atoms with Gasteiger partial charge in [-0.15, -0.1) is 0 Å². The van der Waals surface area contributed by atoms with Gasteiger partial charge in [-0.25, -0.2) is 8.42 Å². The molecule has 10 heteroatoms. The van der Waals surface area contributed by atoms with Gasteiger partial charge in [-0.2, -0.15) is 4.31 Å². The topological polar surface area (TPSA) is 114 Å². The van der Waals surface area contributed by atoms with Gasteiger partial charge >= 0.3 is 0 Å². The van der Waals surface area contributed by atoms with Crippen LogP contribution in [0.15, 0.2) is 41.3 Å². The van der Waals surface area contributed by atoms with E-state index >= 15 is 0 Å². The van der Waals surface area contributed by atoms with E-state index in [-0.39, 0.29) is 29.6 Å². The summed E-state index contributed by atoms with van der Waals surface area (Å²) in [6.07, 6.45) is -0.729. The van der Waals surface area contributed by atoms with Crippen molar-refractivity contribution in [3.8, 4) is 11.5 Å². The van der Waals surface area contributed by atoms with Crippen molar-refractivity contribution in [2.45, 2.75) is 31.4 Å². The van der Waals surface area contributed by atoms with Crippen LogP contribution < -0.4 is 20.1 Å². The summed E-state index contributed by atoms with van der Waals surface area (Å²) in [5, 5.41) is 5.39. The molecule has 0 fully saturated rings. The highest BCUT2D eigenvalue weighted by molar-refractivity contribution is 7.89. The molecule has 1 atom stereocenters. The number of amides is 2. The van der Waals surface area contributed by atoms with Crippen LogP contribution >= 0.6 is 0 Å². The summed E-state index contributed by atoms with van der Waals surface area (Å²) in [6.45, 7) is 3.11. The molecule has 0 radical (unpaired) electrons. The molecule has 0 bridgehead atoms. The summed E-state index contributed by atoms with van der Waals surface area (Å²) in [6, 6.07) is 10.1. The molecule has 2 amide bonds. The molecule has 0 spiro atoms. The standard InChI is InChI=1S/C21H25N3O6S/c1-13-9-17-18(30-14(2)21(26)23-17)10-19(13)31(27,28)24(3)12-20(25)22-11-15-5-7-16(29-4)8-6-15/h5-10,14H,11-12H2,1-4H3,(H,22,25)(H,23,26)/t14-/m0/s1. The number of ether oxygens (including phenoxy) is 2. The van der Waals surface area contributed by atoms with Gasteiger partial charge in [0, 0.05) is 19.7 Å². The highest BCUT2D eigenvalue weighted by Gasteiger charge is 2.30. The fourth-order valence-corrected chi connectivity index (χ4v) is 4.42. The molecule has 2 aromatic rings. The van der Waals surface area contributed by atoms with Crippen LogP contribution in [0.4, 0.5) is 5.69 Å². The van der Waals surface area contributed by atoms with Crippen molar-refractivity contribution in [1.29, 1.82) is 0 Å². The highest BCUT2D eigenvalue weighted by Crippen LogP contribution is 2.35. The average Bonchev–Trinajstić information content (AvgIpc) is 2.73. The molecule has 3 rings (SSSR count). The molecule has 166 valence electrons. The normalized spacial score (nSPS) is 15.6. The highest BCUT2D eigenvalue weighted by atomic mass is 32.2. The third-order valence-electron chi connectivity index (χ3n) is 4.91. The van der Waals surface area contributed by atoms with E-state index in [1.165, 1.54) is 13.1 Å². The van der Waals surface area contributed by atoms with Gasteiger partial charge in [0.2, 0.25) is 15.9 Å². The number of hydrogen-bond donors (Lipinski definition) is 2. The molecule has 0 aromatic heterocycles. The number of sulfonamides is 1. The first-order valence-corrected chi connectivity index (χ1v) is 11.0. The zero-order valence-corrected chi connectivity index (χ0v) is 18.6. The lowest BCUT2D eigenvalue weighted by atomic mass is 10.1. The second kappa shape index (κ2) is 8.94. The molecular formula is C21H25N3O6S. The predicted octanol–water partition coefficient (Wildman–Crippen LogP) is 1.66. The van der Waals surface area contributed by atoms with Gasteiger partial charge in [0.25, 0.3) is 5.91 Å². The number of aryl methyl sites for hydroxylation is 1. The molecule has 2 aromatic carbocycles. The van der Waals surface area contributed by atoms with Crippen LogP contribution in [0.1, 0.15) is 18.1 Å². The lowest BCUT2D eigenvalue weighted by Gasteiger charge is -2.25. The second-order valence-corrected chi connectivity index (χ2v) is 9.26. The molecule has 1 heterocycles. The van der Waals surface area contributed by atoms with Crippen LogP contribution in [0, 0.1) is 6.92 Å². The van der Waals surface area contributed by atoms with Crippen LogP contribution in [0.2, 0.25) is 0 Å². The number of nitrogens with one attached hydrogen (secondary N) is 2. The minimum atomic E-state index is -3.96. The van der Waals surface area contributed by atoms with Crippen molar-refractivity contribution in [3.63, 3.8) is 0 Å². The number of carbonyl (C=O) groups is 2. The summed E-state index contributed by atoms with van der Waals surface area (Å²) < 4.78 is 37.7. The predicted molar refractivity (Wildman–Crippen MR) is 115 cm³/mol. The minimum Gasteiger partial charge on any atom is -0.497 e. The Hall–Kier alpha value is -3.11. The molecule has 0 aliphatic carbocycles. The van der Waals surface area contributed by atoms with E-state index in [4.69, 9.17) is 9.47 Å². The molecule has 2 N–H and O–H groups in total. The summed E-state index contributed by atoms with van der Waals surface area (Å²) in [5.41, 5.74) is 1.71. The van der Waals surface area contributed by atoms with Crippen molar-refractivity contribution in [2.75, 3.05) is 26.0 Å². The molecule has 0 saturated heterocycles. The second-order valence-electron chi connectivity index (χ2n) is 7.25. The number of rotatable bonds is 7. The van der Waals surface area contributed by atoms with E-state index in [0.717, 1.165) is 9.87 Å². The van der Waals surface area contributed by atoms with Gasteiger partial charge in [0.1, 0.15) is 11.5 Å². The Labute approximate surface area is 181 Å². The number of hydrogen-bond acceptors (Lipinski definition) is 6. The Morgan fingerprint density at radius 3 is 2.58 bits per heavy atom. The maximum atomic E-state index is 13.1. The van der Waals surface area contributed by atoms with E-state index in [9.17, 15) is 18.0 Å². The monoisotopic (exact) mass is 447 g/mol. The molecular weight excluding hydrogens is 422 g/mol. The van der Waals surface area contributed by atoms with Crippen molar-refractivity contribution >= 4 is 27.5 Å². The Morgan fingerprint density at radius 2 is 1.94 bits per heavy atom. The third-order valence-corrected chi connectivity index (χ3v) is 6.86. The molecule has 0 saturated carbocycles. The lowest BCUT2D eigenvalue weighted by Crippen LogP contribution is -2.38. The average molecular weight is 448 g/mol. The largest absolute Gasteiger partial charge is 0.497 e. The first kappa shape index (κ1) is 22.6. The van der Waals surface area contributed by atoms with Crippen LogP contribution in [0.3, 0.4) is 0 Å². The SMILES string of the molecule is COc1ccc(CNC(=O)CN(C)S(=O)(=O)c2cc3c(cc2C)NC(=O)[C@H](C)O3)cc1. The number of nitrogens with zero attached hydrogens (tertiary/aromatic N) is 1. The summed E-state index contributed by atoms with van der Waals surface area (Å²) in [4.78, 5) is 24.1. The number of likely N-dealkylation sites (N-methyl/N-ethyl adjacent to an activating group) is 1. The fourth-order valence-electron chi connectivity index (χ4n) is 3.08. The van der Waals surface area contributed by atoms with Crippen LogP contribution in [0.25, 0.3) is 0 Å². The lowest BCUT2D eigenvalue weighted by molar-refractivity contribution is -0.123. The van der Waals surface area contributed by atoms with E-state index in [2.05, 4.69) is 10.6 Å². The van der Waals surface area contributed by atoms with Crippen LogP contribution in [0.5, 0.6) is 11.5 Å². The van der Waals surface area contributed by atoms with Gasteiger partial charge < -0.3 is 20.1 Å². The number of anilines is 1. The van der Waals surface area contributed by atoms with Gasteiger partial charge in [-0.05, 0) is 43.2 Å². The molecule has 0 unspecified atom stereocenters. The maximum absolute atomic E-state index is 13.1. The van der Waals surface area contributed by atoms with E-state index in [0.29, 0.717) is 17.0 Å². The summed E-state index contributed by atoms with van der Waals surface area (Å²) in [7, 11) is -1.05. The smallest absolute Gasteiger partial charge is 0.265 e. The van der Waals surface area contributed by atoms with E-state index in [1.54, 1.807) is 39.2 Å². The van der Waals surface area contributed by atoms with Gasteiger partial charge in [-0.3, -0.25) is 9.59 Å². The third kappa shape index (κ3) is 4.97. The zero-order chi connectivity index (χ0) is 22.8. The Balaban J connectivity index is 1.69. The van der Waals surface area contributed by atoms with Crippen molar-refractivity contribution in [2.24, 2.45) is 0 Å². The number of carbonyl (C=O) groups excluding carboxylic acids is 2. The molecule has 9 nitrogen and oxygen atoms in total. The van der Waals surface area contributed by atoms with Gasteiger partial charge in [0.15, 0.2) is 6.10 Å². The van der Waals surface area contributed by atoms with Gasteiger partial charge in [-0.1, -0.05) is 12.1 Å². The van der Waals surface area contributed by atoms with Crippen molar-refractivity contribution in [1.82, 2.24) is 9.62 Å². The molecule has 1 aliphatic heterocycles. The van der Waals surface area contributed by atoms with E-state index in [1.807, 2.05) is 12.1 Å². The Bertz CT molecular complexity index is 1100. The Kier molecular flexibility index (Phi) is 6.51. The first-order chi connectivity index (χ1) is 14.6. The summed E-state index contributed by atoms with van der Waals surface area (Å²) in [5.74, 6) is 0.246. The molecule has 31 heavy (non-hydrogen) atoms. The van der Waals surface area contributed by atoms with E-state index < -0.39 is 22.0 Å². The number of benzene rings is 2. The first-order valence-electron chi connectivity index (χ1n) is 9.60. The van der Waals surface area contributed by atoms with Crippen LogP contribution in [-0.4, -0.2) is 51.3 Å². The number of fused-ring (bicyclic) bond motifs is 1. The maximum Gasteiger partial charge on any atom is 0.265 e. The van der Waals surface area contributed by atoms with Crippen molar-refractivity contribution < 1.29 is 27.5 Å². The minimum absolute atomic E-state index is 0.0139.